The van der Waals surface area contributed by atoms with Crippen molar-refractivity contribution in [2.24, 2.45) is 5.73 Å². The Morgan fingerprint density at radius 1 is 0.482 bits per heavy atom. The number of hydrogen-bond acceptors (Lipinski definition) is 9. The summed E-state index contributed by atoms with van der Waals surface area (Å²) in [4.78, 5) is 45.9. The van der Waals surface area contributed by atoms with E-state index in [1.54, 1.807) is 0 Å². The second-order valence-electron chi connectivity index (χ2n) is 15.9. The van der Waals surface area contributed by atoms with E-state index in [0.717, 1.165) is 38.5 Å². The zero-order valence-electron chi connectivity index (χ0n) is 36.0. The molecule has 3 atom stereocenters. The van der Waals surface area contributed by atoms with Crippen LogP contribution in [0.25, 0.3) is 0 Å². The van der Waals surface area contributed by atoms with Crippen LogP contribution in [0.15, 0.2) is 0 Å². The molecule has 0 radical (unpaired) electrons. The minimum atomic E-state index is -4.71. The lowest BCUT2D eigenvalue weighted by Gasteiger charge is -2.20. The number of carboxylic acids is 1. The molecule has 0 saturated carbocycles. The number of phosphoric acid groups is 1. The number of esters is 2. The first-order valence-electron chi connectivity index (χ1n) is 23.1. The highest BCUT2D eigenvalue weighted by Gasteiger charge is 2.28. The Bertz CT molecular complexity index is 968. The molecule has 0 heterocycles. The number of carbonyl (C=O) groups is 3. The van der Waals surface area contributed by atoms with Gasteiger partial charge < -0.3 is 25.2 Å². The van der Waals surface area contributed by atoms with Crippen LogP contribution in [-0.2, 0) is 37.5 Å². The fourth-order valence-electron chi connectivity index (χ4n) is 6.71. The Kier molecular flexibility index (Phi) is 39.2. The average Bonchev–Trinajstić information content (AvgIpc) is 3.17. The second kappa shape index (κ2) is 40.3. The Labute approximate surface area is 342 Å². The summed E-state index contributed by atoms with van der Waals surface area (Å²) in [6.07, 6.45) is 38.9. The van der Waals surface area contributed by atoms with Gasteiger partial charge in [-0.2, -0.15) is 0 Å². The molecule has 0 spiro atoms. The predicted molar refractivity (Wildman–Crippen MR) is 227 cm³/mol. The minimum Gasteiger partial charge on any atom is -0.480 e. The number of hydrogen-bond donors (Lipinski definition) is 3. The summed E-state index contributed by atoms with van der Waals surface area (Å²) in [6.45, 7) is 2.83. The highest BCUT2D eigenvalue weighted by molar-refractivity contribution is 7.47. The molecule has 0 aliphatic rings. The zero-order valence-corrected chi connectivity index (χ0v) is 36.9. The summed E-state index contributed by atoms with van der Waals surface area (Å²) in [6, 6.07) is -1.52. The monoisotopic (exact) mass is 820 g/mol. The van der Waals surface area contributed by atoms with Gasteiger partial charge in [0.1, 0.15) is 12.6 Å². The lowest BCUT2D eigenvalue weighted by molar-refractivity contribution is -0.161. The van der Waals surface area contributed by atoms with Crippen LogP contribution in [0.5, 0.6) is 0 Å². The van der Waals surface area contributed by atoms with E-state index in [1.807, 2.05) is 0 Å². The van der Waals surface area contributed by atoms with Gasteiger partial charge in [-0.1, -0.05) is 206 Å². The van der Waals surface area contributed by atoms with Gasteiger partial charge >= 0.3 is 25.7 Å². The molecule has 0 amide bonds. The average molecular weight is 820 g/mol. The molecule has 0 aliphatic carbocycles. The van der Waals surface area contributed by atoms with E-state index >= 15 is 0 Å². The molecule has 0 aromatic carbocycles. The Balaban J connectivity index is 4.20. The second-order valence-corrected chi connectivity index (χ2v) is 17.4. The van der Waals surface area contributed by atoms with Gasteiger partial charge in [0.15, 0.2) is 6.10 Å². The van der Waals surface area contributed by atoms with Crippen LogP contribution in [0, 0.1) is 0 Å². The number of nitrogens with two attached hydrogens (primary N) is 1. The fourth-order valence-corrected chi connectivity index (χ4v) is 7.49. The highest BCUT2D eigenvalue weighted by atomic mass is 31.2. The van der Waals surface area contributed by atoms with E-state index in [-0.39, 0.29) is 19.4 Å². The number of unbranched alkanes of at least 4 members (excludes halogenated alkanes) is 30. The maximum absolute atomic E-state index is 12.6. The van der Waals surface area contributed by atoms with Crippen molar-refractivity contribution in [3.05, 3.63) is 0 Å². The molecule has 11 nitrogen and oxygen atoms in total. The molecule has 332 valence electrons. The van der Waals surface area contributed by atoms with Gasteiger partial charge in [0.2, 0.25) is 0 Å². The van der Waals surface area contributed by atoms with Crippen molar-refractivity contribution in [2.45, 2.75) is 244 Å². The molecular formula is C44H86NO10P. The third-order valence-corrected chi connectivity index (χ3v) is 11.3. The van der Waals surface area contributed by atoms with E-state index < -0.39 is 51.1 Å². The van der Waals surface area contributed by atoms with Gasteiger partial charge in [-0.3, -0.25) is 23.4 Å². The smallest absolute Gasteiger partial charge is 0.472 e. The van der Waals surface area contributed by atoms with Crippen LogP contribution in [0.1, 0.15) is 232 Å². The van der Waals surface area contributed by atoms with Crippen LogP contribution in [0.2, 0.25) is 0 Å². The molecule has 0 bridgehead atoms. The van der Waals surface area contributed by atoms with Crippen molar-refractivity contribution in [2.75, 3.05) is 19.8 Å². The van der Waals surface area contributed by atoms with E-state index in [2.05, 4.69) is 18.4 Å². The first kappa shape index (κ1) is 54.5. The summed E-state index contributed by atoms with van der Waals surface area (Å²) in [5.41, 5.74) is 5.33. The van der Waals surface area contributed by atoms with E-state index in [9.17, 15) is 23.8 Å². The van der Waals surface area contributed by atoms with Crippen molar-refractivity contribution in [3.63, 3.8) is 0 Å². The number of phosphoric ester groups is 1. The summed E-state index contributed by atoms with van der Waals surface area (Å²) in [5, 5.41) is 8.89. The summed E-state index contributed by atoms with van der Waals surface area (Å²) >= 11 is 0. The van der Waals surface area contributed by atoms with E-state index in [1.165, 1.54) is 154 Å². The standard InChI is InChI=1S/C44H86NO10P/c1-3-5-7-9-11-13-15-16-17-18-19-20-21-22-23-24-26-28-30-32-34-36-43(47)55-40(38-53-56(50,51)54-39-41(45)44(48)49)37-52-42(46)35-33-31-29-27-25-14-12-10-8-6-4-2/h40-41H,3-39,45H2,1-2H3,(H,48,49)(H,50,51)/t40-,41+/m1/s1. The Morgan fingerprint density at radius 2 is 0.786 bits per heavy atom. The van der Waals surface area contributed by atoms with Gasteiger partial charge in [-0.25, -0.2) is 4.57 Å². The van der Waals surface area contributed by atoms with Crippen molar-refractivity contribution in [1.29, 1.82) is 0 Å². The van der Waals surface area contributed by atoms with Crippen molar-refractivity contribution in [1.82, 2.24) is 0 Å². The zero-order chi connectivity index (χ0) is 41.4. The maximum atomic E-state index is 12.6. The quantitative estimate of drug-likeness (QED) is 0.0303. The Hall–Kier alpha value is -1.52. The van der Waals surface area contributed by atoms with Crippen molar-refractivity contribution in [3.8, 4) is 0 Å². The third kappa shape index (κ3) is 39.3. The minimum absolute atomic E-state index is 0.170. The SMILES string of the molecule is CCCCCCCCCCCCCCCCCCCCCCCC(=O)O[C@H](COC(=O)CCCCCCCCCCCCC)COP(=O)(O)OC[C@H](N)C(=O)O. The molecule has 56 heavy (non-hydrogen) atoms. The molecule has 1 unspecified atom stereocenters. The molecule has 0 saturated heterocycles. The van der Waals surface area contributed by atoms with Crippen molar-refractivity contribution >= 4 is 25.7 Å². The van der Waals surface area contributed by atoms with Crippen LogP contribution in [0.3, 0.4) is 0 Å². The molecular weight excluding hydrogens is 733 g/mol. The molecule has 4 N–H and O–H groups in total. The number of carboxylic acid groups (broad SMARTS) is 1. The van der Waals surface area contributed by atoms with Gasteiger partial charge in [-0.05, 0) is 12.8 Å². The lowest BCUT2D eigenvalue weighted by Crippen LogP contribution is -2.34. The molecule has 12 heteroatoms. The summed E-state index contributed by atoms with van der Waals surface area (Å²) in [5.74, 6) is -2.36. The van der Waals surface area contributed by atoms with Crippen LogP contribution < -0.4 is 5.73 Å². The molecule has 0 aromatic rings. The number of aliphatic carboxylic acids is 1. The third-order valence-electron chi connectivity index (χ3n) is 10.4. The molecule has 0 aromatic heterocycles. The summed E-state index contributed by atoms with van der Waals surface area (Å²) in [7, 11) is -4.71. The van der Waals surface area contributed by atoms with Gasteiger partial charge in [0.05, 0.1) is 13.2 Å². The van der Waals surface area contributed by atoms with Crippen LogP contribution >= 0.6 is 7.82 Å². The normalized spacial score (nSPS) is 13.6. The molecule has 0 rings (SSSR count). The predicted octanol–water partition coefficient (Wildman–Crippen LogP) is 12.3. The van der Waals surface area contributed by atoms with E-state index in [0.29, 0.717) is 12.8 Å². The molecule has 0 aliphatic heterocycles. The number of carbonyl (C=O) groups excluding carboxylic acids is 2. The number of rotatable bonds is 44. The van der Waals surface area contributed by atoms with Crippen LogP contribution in [0.4, 0.5) is 0 Å². The van der Waals surface area contributed by atoms with Crippen LogP contribution in [-0.4, -0.2) is 59.9 Å². The van der Waals surface area contributed by atoms with Gasteiger partial charge in [-0.15, -0.1) is 0 Å². The largest absolute Gasteiger partial charge is 0.480 e. The molecule has 0 fully saturated rings. The van der Waals surface area contributed by atoms with E-state index in [4.69, 9.17) is 24.8 Å². The summed E-state index contributed by atoms with van der Waals surface area (Å²) < 4.78 is 32.7. The number of ether oxygens (including phenoxy) is 2. The fraction of sp³-hybridized carbons (Fsp3) is 0.932. The maximum Gasteiger partial charge on any atom is 0.472 e. The highest BCUT2D eigenvalue weighted by Crippen LogP contribution is 2.43. The lowest BCUT2D eigenvalue weighted by atomic mass is 10.0. The first-order valence-corrected chi connectivity index (χ1v) is 24.6. The topological polar surface area (TPSA) is 172 Å². The van der Waals surface area contributed by atoms with Gasteiger partial charge in [0, 0.05) is 12.8 Å². The van der Waals surface area contributed by atoms with Crippen molar-refractivity contribution < 1.29 is 47.5 Å². The van der Waals surface area contributed by atoms with Gasteiger partial charge in [0.25, 0.3) is 0 Å². The Morgan fingerprint density at radius 3 is 1.12 bits per heavy atom. The first-order chi connectivity index (χ1) is 27.1.